The second kappa shape index (κ2) is 7.76. The van der Waals surface area contributed by atoms with Crippen molar-refractivity contribution in [2.75, 3.05) is 0 Å². The largest absolute Gasteiger partial charge is 0.297 e. The Bertz CT molecular complexity index is 1180. The quantitative estimate of drug-likeness (QED) is 0.429. The molecule has 0 aliphatic rings. The monoisotopic (exact) mass is 456 g/mol. The lowest BCUT2D eigenvalue weighted by molar-refractivity contribution is 0.630. The van der Waals surface area contributed by atoms with Crippen LogP contribution in [0.4, 0.5) is 0 Å². The van der Waals surface area contributed by atoms with Crippen LogP contribution in [0.5, 0.6) is 0 Å². The van der Waals surface area contributed by atoms with E-state index in [9.17, 15) is 4.79 Å². The van der Waals surface area contributed by atoms with Gasteiger partial charge < -0.3 is 0 Å². The molecule has 0 aliphatic carbocycles. The average Bonchev–Trinajstić information content (AvgIpc) is 3.24. The van der Waals surface area contributed by atoms with Gasteiger partial charge in [-0.15, -0.1) is 5.10 Å². The van der Waals surface area contributed by atoms with Gasteiger partial charge in [0, 0.05) is 17.3 Å². The molecule has 0 N–H and O–H groups in total. The number of hydrogen-bond acceptors (Lipinski definition) is 5. The van der Waals surface area contributed by atoms with Crippen LogP contribution in [0, 0.1) is 6.92 Å². The Kier molecular flexibility index (Phi) is 5.19. The summed E-state index contributed by atoms with van der Waals surface area (Å²) < 4.78 is 5.99. The Labute approximate surface area is 174 Å². The summed E-state index contributed by atoms with van der Waals surface area (Å²) in [6, 6.07) is 17.5. The summed E-state index contributed by atoms with van der Waals surface area (Å²) in [6.07, 6.45) is 0. The van der Waals surface area contributed by atoms with E-state index in [1.165, 1.54) is 16.4 Å². The Morgan fingerprint density at radius 2 is 1.79 bits per heavy atom. The molecule has 2 heterocycles. The second-order valence-electron chi connectivity index (χ2n) is 6.16. The summed E-state index contributed by atoms with van der Waals surface area (Å²) in [5, 5.41) is 12.6. The van der Waals surface area contributed by atoms with Crippen molar-refractivity contribution in [2.24, 2.45) is 7.05 Å². The fourth-order valence-electron chi connectivity index (χ4n) is 2.97. The minimum Gasteiger partial charge on any atom is -0.283 e. The van der Waals surface area contributed by atoms with Gasteiger partial charge in [-0.3, -0.25) is 9.48 Å². The topological polar surface area (TPSA) is 70.5 Å². The molecule has 0 saturated heterocycles. The second-order valence-corrected chi connectivity index (χ2v) is 7.96. The van der Waals surface area contributed by atoms with Gasteiger partial charge in [-0.2, -0.15) is 4.68 Å². The highest BCUT2D eigenvalue weighted by molar-refractivity contribution is 9.10. The molecular formula is C19H17BrN6OS. The van der Waals surface area contributed by atoms with E-state index in [0.29, 0.717) is 16.6 Å². The normalized spacial score (nSPS) is 11.1. The van der Waals surface area contributed by atoms with Crippen LogP contribution in [0.15, 0.2) is 69.0 Å². The highest BCUT2D eigenvalue weighted by atomic mass is 79.9. The number of rotatable bonds is 5. The zero-order valence-electron chi connectivity index (χ0n) is 15.3. The maximum atomic E-state index is 13.2. The maximum Gasteiger partial charge on any atom is 0.297 e. The van der Waals surface area contributed by atoms with Gasteiger partial charge in [-0.1, -0.05) is 64.1 Å². The third-order valence-corrected chi connectivity index (χ3v) is 6.23. The predicted molar refractivity (Wildman–Crippen MR) is 112 cm³/mol. The number of halogens is 1. The van der Waals surface area contributed by atoms with Crippen LogP contribution in [0.2, 0.25) is 0 Å². The molecule has 0 bridgehead atoms. The first-order valence-electron chi connectivity index (χ1n) is 8.57. The standard InChI is InChI=1S/C19H17BrN6OS/c1-13-17(18(27)26(24(13)2)15-9-4-3-5-10-15)25-19(21-22-23-25)28-12-14-8-6-7-11-16(14)20/h3-11H,12H2,1-2H3. The number of hydrogen-bond donors (Lipinski definition) is 0. The van der Waals surface area contributed by atoms with E-state index in [4.69, 9.17) is 0 Å². The highest BCUT2D eigenvalue weighted by Crippen LogP contribution is 2.26. The lowest BCUT2D eigenvalue weighted by Gasteiger charge is -2.07. The number of para-hydroxylation sites is 1. The van der Waals surface area contributed by atoms with Crippen LogP contribution in [-0.4, -0.2) is 29.6 Å². The van der Waals surface area contributed by atoms with Gasteiger partial charge in [0.2, 0.25) is 5.16 Å². The molecule has 0 amide bonds. The zero-order chi connectivity index (χ0) is 19.7. The first-order valence-corrected chi connectivity index (χ1v) is 10.3. The van der Waals surface area contributed by atoms with Crippen molar-refractivity contribution in [3.63, 3.8) is 0 Å². The third-order valence-electron chi connectivity index (χ3n) is 4.49. The summed E-state index contributed by atoms with van der Waals surface area (Å²) in [5.74, 6) is 0.681. The number of aromatic nitrogens is 6. The Balaban J connectivity index is 1.73. The first kappa shape index (κ1) is 18.7. The van der Waals surface area contributed by atoms with E-state index in [0.717, 1.165) is 21.4 Å². The van der Waals surface area contributed by atoms with Gasteiger partial charge >= 0.3 is 0 Å². The van der Waals surface area contributed by atoms with Crippen LogP contribution in [0.3, 0.4) is 0 Å². The minimum absolute atomic E-state index is 0.166. The molecule has 0 radical (unpaired) electrons. The molecule has 0 saturated carbocycles. The van der Waals surface area contributed by atoms with Crippen LogP contribution >= 0.6 is 27.7 Å². The van der Waals surface area contributed by atoms with E-state index >= 15 is 0 Å². The summed E-state index contributed by atoms with van der Waals surface area (Å²) in [6.45, 7) is 1.89. The van der Waals surface area contributed by atoms with Gasteiger partial charge in [-0.25, -0.2) is 4.68 Å². The van der Waals surface area contributed by atoms with E-state index < -0.39 is 0 Å². The molecule has 0 fully saturated rings. The van der Waals surface area contributed by atoms with Gasteiger partial charge in [0.25, 0.3) is 5.56 Å². The highest BCUT2D eigenvalue weighted by Gasteiger charge is 2.22. The van der Waals surface area contributed by atoms with Crippen molar-refractivity contribution in [1.29, 1.82) is 0 Å². The first-order chi connectivity index (χ1) is 13.6. The number of thioether (sulfide) groups is 1. The molecule has 0 spiro atoms. The van der Waals surface area contributed by atoms with Crippen molar-refractivity contribution >= 4 is 27.7 Å². The molecular weight excluding hydrogens is 440 g/mol. The van der Waals surface area contributed by atoms with E-state index in [-0.39, 0.29) is 5.56 Å². The third kappa shape index (κ3) is 3.31. The van der Waals surface area contributed by atoms with Crippen molar-refractivity contribution < 1.29 is 0 Å². The van der Waals surface area contributed by atoms with Crippen molar-refractivity contribution in [3.05, 3.63) is 80.7 Å². The lowest BCUT2D eigenvalue weighted by Crippen LogP contribution is -2.22. The molecule has 0 aliphatic heterocycles. The Hall–Kier alpha value is -2.65. The average molecular weight is 457 g/mol. The van der Waals surface area contributed by atoms with Gasteiger partial charge in [0.05, 0.1) is 11.4 Å². The van der Waals surface area contributed by atoms with Crippen LogP contribution < -0.4 is 5.56 Å². The summed E-state index contributed by atoms with van der Waals surface area (Å²) >= 11 is 5.04. The zero-order valence-corrected chi connectivity index (χ0v) is 17.7. The molecule has 2 aromatic heterocycles. The van der Waals surface area contributed by atoms with E-state index in [1.807, 2.05) is 73.3 Å². The van der Waals surface area contributed by atoms with E-state index in [2.05, 4.69) is 31.5 Å². The molecule has 0 unspecified atom stereocenters. The molecule has 142 valence electrons. The van der Waals surface area contributed by atoms with Crippen LogP contribution in [0.25, 0.3) is 11.4 Å². The maximum absolute atomic E-state index is 13.2. The van der Waals surface area contributed by atoms with Crippen molar-refractivity contribution in [1.82, 2.24) is 29.6 Å². The molecule has 9 heteroatoms. The van der Waals surface area contributed by atoms with Gasteiger partial charge in [-0.05, 0) is 41.1 Å². The predicted octanol–water partition coefficient (Wildman–Crippen LogP) is 3.51. The number of tetrazole rings is 1. The van der Waals surface area contributed by atoms with Crippen molar-refractivity contribution in [2.45, 2.75) is 17.8 Å². The Morgan fingerprint density at radius 1 is 1.07 bits per heavy atom. The van der Waals surface area contributed by atoms with E-state index in [1.54, 1.807) is 4.68 Å². The molecule has 4 rings (SSSR count). The molecule has 0 atom stereocenters. The molecule has 7 nitrogen and oxygen atoms in total. The fourth-order valence-corrected chi connectivity index (χ4v) is 4.46. The summed E-state index contributed by atoms with van der Waals surface area (Å²) in [7, 11) is 1.85. The van der Waals surface area contributed by atoms with Gasteiger partial charge in [0.15, 0.2) is 5.69 Å². The molecule has 28 heavy (non-hydrogen) atoms. The fraction of sp³-hybridized carbons (Fsp3) is 0.158. The SMILES string of the molecule is Cc1c(-n2nnnc2SCc2ccccc2Br)c(=O)n(-c2ccccc2)n1C. The summed E-state index contributed by atoms with van der Waals surface area (Å²) in [5.41, 5.74) is 2.99. The van der Waals surface area contributed by atoms with Crippen LogP contribution in [0.1, 0.15) is 11.3 Å². The molecule has 2 aromatic carbocycles. The smallest absolute Gasteiger partial charge is 0.283 e. The summed E-state index contributed by atoms with van der Waals surface area (Å²) in [4.78, 5) is 13.2. The number of nitrogens with zero attached hydrogens (tertiary/aromatic N) is 6. The lowest BCUT2D eigenvalue weighted by atomic mass is 10.2. The van der Waals surface area contributed by atoms with Crippen molar-refractivity contribution in [3.8, 4) is 11.4 Å². The van der Waals surface area contributed by atoms with Crippen LogP contribution in [-0.2, 0) is 12.8 Å². The number of benzene rings is 2. The molecule has 4 aromatic rings. The van der Waals surface area contributed by atoms with Gasteiger partial charge in [0.1, 0.15) is 0 Å². The minimum atomic E-state index is -0.166. The Morgan fingerprint density at radius 3 is 2.54 bits per heavy atom.